The second-order valence-electron chi connectivity index (χ2n) is 9.00. The number of methoxy groups -OCH3 is 1. The predicted octanol–water partition coefficient (Wildman–Crippen LogP) is 1.96. The zero-order valence-electron chi connectivity index (χ0n) is 22.3. The predicted molar refractivity (Wildman–Crippen MR) is 149 cm³/mol. The average molecular weight is 583 g/mol. The molecule has 2 N–H and O–H groups in total. The summed E-state index contributed by atoms with van der Waals surface area (Å²) in [6, 6.07) is 12.7. The Morgan fingerprint density at radius 1 is 1.20 bits per heavy atom. The highest BCUT2D eigenvalue weighted by Crippen LogP contribution is 2.31. The number of hydrogen-bond acceptors (Lipinski definition) is 9. The van der Waals surface area contributed by atoms with Gasteiger partial charge in [0.1, 0.15) is 11.3 Å². The van der Waals surface area contributed by atoms with Crippen LogP contribution >= 0.6 is 0 Å². The van der Waals surface area contributed by atoms with E-state index in [9.17, 15) is 23.1 Å². The Labute approximate surface area is 237 Å². The molecular weight excluding hydrogens is 552 g/mol. The summed E-state index contributed by atoms with van der Waals surface area (Å²) in [5, 5.41) is 12.4. The number of amides is 1. The van der Waals surface area contributed by atoms with E-state index in [1.807, 2.05) is 0 Å². The average Bonchev–Trinajstić information content (AvgIpc) is 2.99. The molecule has 216 valence electrons. The van der Waals surface area contributed by atoms with Crippen molar-refractivity contribution in [3.63, 3.8) is 0 Å². The van der Waals surface area contributed by atoms with E-state index in [1.54, 1.807) is 24.3 Å². The van der Waals surface area contributed by atoms with Crippen molar-refractivity contribution in [1.82, 2.24) is 9.62 Å². The van der Waals surface area contributed by atoms with Crippen molar-refractivity contribution in [1.29, 1.82) is 0 Å². The Morgan fingerprint density at radius 2 is 1.95 bits per heavy atom. The molecule has 0 unspecified atom stereocenters. The lowest BCUT2D eigenvalue weighted by Gasteiger charge is -2.29. The van der Waals surface area contributed by atoms with Gasteiger partial charge in [-0.2, -0.15) is 4.31 Å². The van der Waals surface area contributed by atoms with Gasteiger partial charge in [0, 0.05) is 31.0 Å². The molecule has 3 aromatic rings. The van der Waals surface area contributed by atoms with Gasteiger partial charge >= 0.3 is 0 Å². The summed E-state index contributed by atoms with van der Waals surface area (Å²) in [5.41, 5.74) is 0.489. The maximum absolute atomic E-state index is 13.2. The van der Waals surface area contributed by atoms with Gasteiger partial charge in [-0.3, -0.25) is 9.59 Å². The smallest absolute Gasteiger partial charge is 0.286 e. The molecule has 2 atom stereocenters. The molecule has 12 heteroatoms. The Bertz CT molecular complexity index is 1610. The first-order valence-electron chi connectivity index (χ1n) is 12.8. The number of aliphatic hydroxyl groups excluding tert-OH is 1. The number of carbonyl (C=O) groups excluding carboxylic acids is 1. The molecule has 1 aromatic heterocycles. The van der Waals surface area contributed by atoms with Crippen LogP contribution in [0.2, 0.25) is 0 Å². The summed E-state index contributed by atoms with van der Waals surface area (Å²) in [6.07, 6.45) is 7.28. The molecular formula is C29H30N2O9S. The molecule has 2 aromatic carbocycles. The fourth-order valence-corrected chi connectivity index (χ4v) is 5.76. The van der Waals surface area contributed by atoms with Gasteiger partial charge in [0.15, 0.2) is 11.2 Å². The van der Waals surface area contributed by atoms with Gasteiger partial charge in [0.25, 0.3) is 5.91 Å². The summed E-state index contributed by atoms with van der Waals surface area (Å²) in [4.78, 5) is 26.0. The van der Waals surface area contributed by atoms with Crippen molar-refractivity contribution in [3.8, 4) is 18.1 Å². The molecule has 0 saturated carbocycles. The Kier molecular flexibility index (Phi) is 9.80. The van der Waals surface area contributed by atoms with E-state index in [-0.39, 0.29) is 48.7 Å². The first-order valence-corrected chi connectivity index (χ1v) is 14.2. The van der Waals surface area contributed by atoms with Crippen molar-refractivity contribution in [3.05, 3.63) is 82.4 Å². The largest absolute Gasteiger partial charge is 0.497 e. The molecule has 1 amide bonds. The third-order valence-corrected chi connectivity index (χ3v) is 8.34. The molecule has 0 radical (unpaired) electrons. The molecule has 0 aliphatic carbocycles. The number of fused-ring (bicyclic) bond motifs is 1. The van der Waals surface area contributed by atoms with Crippen molar-refractivity contribution in [2.24, 2.45) is 0 Å². The number of allylic oxidation sites excluding steroid dienone is 1. The van der Waals surface area contributed by atoms with Crippen molar-refractivity contribution in [2.75, 3.05) is 40.0 Å². The first-order chi connectivity index (χ1) is 19.8. The summed E-state index contributed by atoms with van der Waals surface area (Å²) in [6.45, 7) is -0.841. The van der Waals surface area contributed by atoms with E-state index in [2.05, 4.69) is 11.2 Å². The number of aliphatic hydroxyl groups is 1. The monoisotopic (exact) mass is 582 g/mol. The fourth-order valence-electron chi connectivity index (χ4n) is 4.35. The number of terminal acetylenes is 1. The zero-order chi connectivity index (χ0) is 29.4. The summed E-state index contributed by atoms with van der Waals surface area (Å²) < 4.78 is 49.8. The summed E-state index contributed by atoms with van der Waals surface area (Å²) in [5.74, 6) is 1.54. The number of benzene rings is 2. The van der Waals surface area contributed by atoms with Gasteiger partial charge in [0.2, 0.25) is 16.3 Å². The number of ether oxygens (including phenoxy) is 3. The minimum atomic E-state index is -3.96. The van der Waals surface area contributed by atoms with Crippen LogP contribution in [0, 0.1) is 12.3 Å². The first kappa shape index (κ1) is 29.8. The third kappa shape index (κ3) is 6.96. The molecule has 41 heavy (non-hydrogen) atoms. The van der Waals surface area contributed by atoms with Crippen molar-refractivity contribution >= 4 is 26.9 Å². The van der Waals surface area contributed by atoms with Crippen molar-refractivity contribution in [2.45, 2.75) is 23.5 Å². The Balaban J connectivity index is 1.52. The minimum Gasteiger partial charge on any atom is -0.497 e. The molecule has 0 saturated heterocycles. The molecule has 0 fully saturated rings. The molecule has 1 aliphatic rings. The molecule has 1 aliphatic heterocycles. The zero-order valence-corrected chi connectivity index (χ0v) is 23.1. The van der Waals surface area contributed by atoms with Gasteiger partial charge in [-0.25, -0.2) is 8.42 Å². The van der Waals surface area contributed by atoms with Crippen molar-refractivity contribution < 1.29 is 36.9 Å². The molecule has 0 spiro atoms. The minimum absolute atomic E-state index is 0.0270. The van der Waals surface area contributed by atoms with Gasteiger partial charge in [-0.15, -0.1) is 6.42 Å². The number of hydrogen-bond donors (Lipinski definition) is 2. The van der Waals surface area contributed by atoms with Crippen LogP contribution in [0.15, 0.2) is 80.7 Å². The quantitative estimate of drug-likeness (QED) is 0.306. The van der Waals surface area contributed by atoms with E-state index < -0.39 is 34.7 Å². The highest BCUT2D eigenvalue weighted by atomic mass is 32.2. The van der Waals surface area contributed by atoms with Crippen LogP contribution in [0.5, 0.6) is 5.75 Å². The van der Waals surface area contributed by atoms with Gasteiger partial charge in [0.05, 0.1) is 43.4 Å². The normalized spacial score (nSPS) is 17.0. The highest BCUT2D eigenvalue weighted by Gasteiger charge is 2.31. The number of para-hydroxylation sites is 1. The molecule has 4 rings (SSSR count). The number of sulfonamides is 1. The van der Waals surface area contributed by atoms with E-state index in [0.717, 1.165) is 4.31 Å². The maximum atomic E-state index is 13.2. The van der Waals surface area contributed by atoms with Gasteiger partial charge < -0.3 is 29.1 Å². The van der Waals surface area contributed by atoms with Crippen LogP contribution in [0.3, 0.4) is 0 Å². The van der Waals surface area contributed by atoms with Gasteiger partial charge in [-0.05, 0) is 42.5 Å². The van der Waals surface area contributed by atoms with Crippen LogP contribution in [0.4, 0.5) is 0 Å². The lowest BCUT2D eigenvalue weighted by Crippen LogP contribution is -2.38. The number of nitrogens with zero attached hydrogens (tertiary/aromatic N) is 1. The van der Waals surface area contributed by atoms with Crippen LogP contribution in [0.1, 0.15) is 17.9 Å². The van der Waals surface area contributed by atoms with Crippen LogP contribution in [0.25, 0.3) is 11.0 Å². The maximum Gasteiger partial charge on any atom is 0.286 e. The topological polar surface area (TPSA) is 145 Å². The van der Waals surface area contributed by atoms with E-state index >= 15 is 0 Å². The molecule has 11 nitrogen and oxygen atoms in total. The summed E-state index contributed by atoms with van der Waals surface area (Å²) >= 11 is 0. The second-order valence-corrected chi connectivity index (χ2v) is 10.9. The number of nitrogens with one attached hydrogen (secondary N) is 1. The lowest BCUT2D eigenvalue weighted by molar-refractivity contribution is -0.146. The lowest BCUT2D eigenvalue weighted by atomic mass is 9.93. The van der Waals surface area contributed by atoms with Crippen LogP contribution < -0.4 is 15.5 Å². The fraction of sp³-hybridized carbons (Fsp3) is 0.310. The molecule has 2 heterocycles. The Hall–Kier alpha value is -4.15. The Morgan fingerprint density at radius 3 is 2.66 bits per heavy atom. The van der Waals surface area contributed by atoms with E-state index in [1.165, 1.54) is 43.7 Å². The highest BCUT2D eigenvalue weighted by molar-refractivity contribution is 7.89. The van der Waals surface area contributed by atoms with Crippen LogP contribution in [-0.2, 0) is 24.3 Å². The van der Waals surface area contributed by atoms with E-state index in [0.29, 0.717) is 22.3 Å². The number of carbonyl (C=O) groups is 1. The number of rotatable bonds is 12. The van der Waals surface area contributed by atoms with Gasteiger partial charge in [-0.1, -0.05) is 18.1 Å². The van der Waals surface area contributed by atoms with E-state index in [4.69, 9.17) is 25.1 Å². The molecule has 0 bridgehead atoms. The third-order valence-electron chi connectivity index (χ3n) is 6.43. The SMILES string of the molecule is C#CCNC(=O)C1=C[C@H](c2coc3ccccc3c2=O)C[C@H](OCCN(CCO)S(=O)(=O)c2ccc(OC)cc2)O1. The standard InChI is InChI=1S/C29H30N2O9S/c1-3-12-30-29(34)26-17-20(24-19-39-25-7-5-4-6-23(25)28(24)33)18-27(40-26)38-16-14-31(13-15-32)41(35,36)22-10-8-21(37-2)9-11-22/h1,4-11,17,19-20,27,32H,12-16,18H2,2H3,(H,30,34)/t20-,27+/m0/s1. The summed E-state index contributed by atoms with van der Waals surface area (Å²) in [7, 11) is -2.48. The van der Waals surface area contributed by atoms with Crippen LogP contribution in [-0.4, -0.2) is 70.0 Å². The second kappa shape index (κ2) is 13.5.